The van der Waals surface area contributed by atoms with Crippen molar-refractivity contribution in [2.45, 2.75) is 32.7 Å². The number of nitrogens with two attached hydrogens (primary N) is 1. The van der Waals surface area contributed by atoms with Gasteiger partial charge in [0.2, 0.25) is 0 Å². The molecule has 0 radical (unpaired) electrons. The van der Waals surface area contributed by atoms with Gasteiger partial charge >= 0.3 is 0 Å². The maximum Gasteiger partial charge on any atom is 0.134 e. The average Bonchev–Trinajstić information content (AvgIpc) is 3.24. The minimum atomic E-state index is 0.180. The molecule has 3 rings (SSSR count). The van der Waals surface area contributed by atoms with Gasteiger partial charge in [0.15, 0.2) is 0 Å². The van der Waals surface area contributed by atoms with Gasteiger partial charge in [0.25, 0.3) is 0 Å². The minimum absolute atomic E-state index is 0.180. The van der Waals surface area contributed by atoms with Gasteiger partial charge in [-0.25, -0.2) is 0 Å². The number of benzene rings is 1. The van der Waals surface area contributed by atoms with Gasteiger partial charge in [-0.2, -0.15) is 0 Å². The summed E-state index contributed by atoms with van der Waals surface area (Å²) in [6.45, 7) is 6.00. The third-order valence-corrected chi connectivity index (χ3v) is 4.52. The molecular weight excluding hydrogens is 248 g/mol. The molecule has 0 amide bonds. The summed E-state index contributed by atoms with van der Waals surface area (Å²) in [5.41, 5.74) is 8.18. The lowest BCUT2D eigenvalue weighted by atomic mass is 10.0. The number of aryl methyl sites for hydroxylation is 1. The van der Waals surface area contributed by atoms with Gasteiger partial charge < -0.3 is 15.5 Å². The van der Waals surface area contributed by atoms with Crippen molar-refractivity contribution in [3.63, 3.8) is 0 Å². The van der Waals surface area contributed by atoms with E-state index in [1.807, 2.05) is 19.1 Å². The molecule has 2 aromatic rings. The van der Waals surface area contributed by atoms with Crippen LogP contribution in [0.3, 0.4) is 0 Å². The van der Waals surface area contributed by atoms with Crippen LogP contribution in [0.15, 0.2) is 28.7 Å². The predicted octanol–water partition coefficient (Wildman–Crippen LogP) is 3.38. The first-order valence-electron chi connectivity index (χ1n) is 7.62. The van der Waals surface area contributed by atoms with Crippen LogP contribution in [0.25, 0.3) is 11.0 Å². The Labute approximate surface area is 120 Å². The van der Waals surface area contributed by atoms with Crippen LogP contribution in [-0.2, 0) is 0 Å². The standard InChI is InChI=1S/C17H24N2O/c1-11(13-7-8-13)10-19-15(9-18)17-12(2)20-16-6-4-3-5-14(16)17/h3-6,11,13,15,19H,7-10,18H2,1-2H3. The molecule has 108 valence electrons. The summed E-state index contributed by atoms with van der Waals surface area (Å²) < 4.78 is 5.85. The number of rotatable bonds is 6. The molecule has 20 heavy (non-hydrogen) atoms. The molecule has 1 aromatic carbocycles. The first-order chi connectivity index (χ1) is 9.70. The lowest BCUT2D eigenvalue weighted by Gasteiger charge is -2.20. The van der Waals surface area contributed by atoms with Crippen molar-refractivity contribution < 1.29 is 4.42 Å². The zero-order valence-corrected chi connectivity index (χ0v) is 12.4. The van der Waals surface area contributed by atoms with Crippen molar-refractivity contribution in [1.29, 1.82) is 0 Å². The SMILES string of the molecule is Cc1oc2ccccc2c1C(CN)NCC(C)C1CC1. The maximum atomic E-state index is 6.00. The Morgan fingerprint density at radius 1 is 1.35 bits per heavy atom. The molecule has 0 bridgehead atoms. The highest BCUT2D eigenvalue weighted by Gasteiger charge is 2.28. The van der Waals surface area contributed by atoms with Crippen molar-refractivity contribution in [2.24, 2.45) is 17.6 Å². The van der Waals surface area contributed by atoms with Crippen molar-refractivity contribution in [3.8, 4) is 0 Å². The Kier molecular flexibility index (Phi) is 3.81. The van der Waals surface area contributed by atoms with Crippen LogP contribution in [0.1, 0.15) is 37.1 Å². The molecule has 1 fully saturated rings. The average molecular weight is 272 g/mol. The lowest BCUT2D eigenvalue weighted by Crippen LogP contribution is -2.32. The number of para-hydroxylation sites is 1. The van der Waals surface area contributed by atoms with Crippen LogP contribution in [0, 0.1) is 18.8 Å². The molecule has 1 heterocycles. The highest BCUT2D eigenvalue weighted by Crippen LogP contribution is 2.36. The summed E-state index contributed by atoms with van der Waals surface area (Å²) in [7, 11) is 0. The Bertz CT molecular complexity index is 586. The van der Waals surface area contributed by atoms with E-state index >= 15 is 0 Å². The van der Waals surface area contributed by atoms with E-state index in [9.17, 15) is 0 Å². The Hall–Kier alpha value is -1.32. The number of fused-ring (bicyclic) bond motifs is 1. The van der Waals surface area contributed by atoms with Crippen LogP contribution >= 0.6 is 0 Å². The lowest BCUT2D eigenvalue weighted by molar-refractivity contribution is 0.419. The fourth-order valence-corrected chi connectivity index (χ4v) is 3.08. The normalized spacial score (nSPS) is 18.4. The summed E-state index contributed by atoms with van der Waals surface area (Å²) in [5.74, 6) is 2.64. The van der Waals surface area contributed by atoms with Gasteiger partial charge in [0.05, 0.1) is 0 Å². The summed E-state index contributed by atoms with van der Waals surface area (Å²) in [4.78, 5) is 0. The summed E-state index contributed by atoms with van der Waals surface area (Å²) in [6, 6.07) is 8.39. The molecule has 2 unspecified atom stereocenters. The predicted molar refractivity (Wildman–Crippen MR) is 82.6 cm³/mol. The van der Waals surface area contributed by atoms with E-state index in [1.165, 1.54) is 23.8 Å². The quantitative estimate of drug-likeness (QED) is 0.847. The minimum Gasteiger partial charge on any atom is -0.461 e. The largest absolute Gasteiger partial charge is 0.461 e. The molecule has 0 aliphatic heterocycles. The zero-order valence-electron chi connectivity index (χ0n) is 12.4. The second-order valence-electron chi connectivity index (χ2n) is 6.08. The van der Waals surface area contributed by atoms with Crippen LogP contribution in [0.4, 0.5) is 0 Å². The van der Waals surface area contributed by atoms with Crippen LogP contribution in [0.2, 0.25) is 0 Å². The molecule has 0 spiro atoms. The fourth-order valence-electron chi connectivity index (χ4n) is 3.08. The molecule has 1 aromatic heterocycles. The maximum absolute atomic E-state index is 6.00. The van der Waals surface area contributed by atoms with Crippen molar-refractivity contribution in [2.75, 3.05) is 13.1 Å². The second kappa shape index (κ2) is 5.58. The second-order valence-corrected chi connectivity index (χ2v) is 6.08. The van der Waals surface area contributed by atoms with Gasteiger partial charge in [-0.15, -0.1) is 0 Å². The van der Waals surface area contributed by atoms with Gasteiger partial charge in [-0.05, 0) is 44.2 Å². The topological polar surface area (TPSA) is 51.2 Å². The van der Waals surface area contributed by atoms with Gasteiger partial charge in [-0.3, -0.25) is 0 Å². The van der Waals surface area contributed by atoms with Crippen molar-refractivity contribution in [3.05, 3.63) is 35.6 Å². The van der Waals surface area contributed by atoms with E-state index in [0.29, 0.717) is 6.54 Å². The molecule has 3 N–H and O–H groups in total. The highest BCUT2D eigenvalue weighted by atomic mass is 16.3. The Balaban J connectivity index is 1.81. The van der Waals surface area contributed by atoms with Crippen molar-refractivity contribution >= 4 is 11.0 Å². The summed E-state index contributed by atoms with van der Waals surface area (Å²) >= 11 is 0. The van der Waals surface area contributed by atoms with E-state index in [-0.39, 0.29) is 6.04 Å². The first-order valence-corrected chi connectivity index (χ1v) is 7.62. The third-order valence-electron chi connectivity index (χ3n) is 4.52. The zero-order chi connectivity index (χ0) is 14.1. The van der Waals surface area contributed by atoms with E-state index in [4.69, 9.17) is 10.2 Å². The Morgan fingerprint density at radius 3 is 2.80 bits per heavy atom. The van der Waals surface area contributed by atoms with E-state index in [0.717, 1.165) is 29.7 Å². The van der Waals surface area contributed by atoms with E-state index in [2.05, 4.69) is 24.4 Å². The number of furan rings is 1. The molecule has 3 nitrogen and oxygen atoms in total. The van der Waals surface area contributed by atoms with Gasteiger partial charge in [0, 0.05) is 23.5 Å². The van der Waals surface area contributed by atoms with Crippen molar-refractivity contribution in [1.82, 2.24) is 5.32 Å². The van der Waals surface area contributed by atoms with Crippen LogP contribution in [-0.4, -0.2) is 13.1 Å². The molecule has 0 saturated heterocycles. The first kappa shape index (κ1) is 13.7. The van der Waals surface area contributed by atoms with E-state index in [1.54, 1.807) is 0 Å². The number of nitrogens with one attached hydrogen (secondary N) is 1. The highest BCUT2D eigenvalue weighted by molar-refractivity contribution is 5.82. The smallest absolute Gasteiger partial charge is 0.134 e. The molecule has 1 saturated carbocycles. The number of hydrogen-bond acceptors (Lipinski definition) is 3. The molecule has 1 aliphatic carbocycles. The molecule has 1 aliphatic rings. The molecule has 2 atom stereocenters. The molecular formula is C17H24N2O. The van der Waals surface area contributed by atoms with Crippen LogP contribution < -0.4 is 11.1 Å². The third kappa shape index (κ3) is 2.60. The molecule has 3 heteroatoms. The number of hydrogen-bond donors (Lipinski definition) is 2. The van der Waals surface area contributed by atoms with Crippen LogP contribution in [0.5, 0.6) is 0 Å². The van der Waals surface area contributed by atoms with E-state index < -0.39 is 0 Å². The van der Waals surface area contributed by atoms with Gasteiger partial charge in [0.1, 0.15) is 11.3 Å². The monoisotopic (exact) mass is 272 g/mol. The Morgan fingerprint density at radius 2 is 2.10 bits per heavy atom. The summed E-state index contributed by atoms with van der Waals surface area (Å²) in [5, 5.41) is 4.83. The summed E-state index contributed by atoms with van der Waals surface area (Å²) in [6.07, 6.45) is 2.79. The fraction of sp³-hybridized carbons (Fsp3) is 0.529. The van der Waals surface area contributed by atoms with Gasteiger partial charge in [-0.1, -0.05) is 25.1 Å².